The lowest BCUT2D eigenvalue weighted by molar-refractivity contribution is 0.156. The first-order chi connectivity index (χ1) is 14.2. The summed E-state index contributed by atoms with van der Waals surface area (Å²) in [5, 5.41) is 13.3. The van der Waals surface area contributed by atoms with Gasteiger partial charge in [-0.1, -0.05) is 24.3 Å². The zero-order valence-corrected chi connectivity index (χ0v) is 16.8. The number of benzene rings is 2. The maximum atomic E-state index is 10.3. The van der Waals surface area contributed by atoms with Crippen LogP contribution in [-0.2, 0) is 6.42 Å². The quantitative estimate of drug-likeness (QED) is 0.485. The van der Waals surface area contributed by atoms with Gasteiger partial charge >= 0.3 is 0 Å². The van der Waals surface area contributed by atoms with Gasteiger partial charge in [-0.05, 0) is 48.6 Å². The zero-order chi connectivity index (χ0) is 19.8. The Morgan fingerprint density at radius 3 is 2.79 bits per heavy atom. The highest BCUT2D eigenvalue weighted by Crippen LogP contribution is 2.42. The highest BCUT2D eigenvalue weighted by Gasteiger charge is 2.22. The minimum atomic E-state index is -0.427. The van der Waals surface area contributed by atoms with Crippen LogP contribution in [0.2, 0.25) is 0 Å². The van der Waals surface area contributed by atoms with Crippen LogP contribution in [0.5, 0.6) is 17.4 Å². The van der Waals surface area contributed by atoms with E-state index in [1.807, 2.05) is 42.5 Å². The molecule has 0 aliphatic heterocycles. The molecule has 0 spiro atoms. The van der Waals surface area contributed by atoms with Crippen molar-refractivity contribution in [2.24, 2.45) is 0 Å². The minimum Gasteiger partial charge on any atom is -0.497 e. The molecule has 1 N–H and O–H groups in total. The van der Waals surface area contributed by atoms with Crippen LogP contribution in [0.1, 0.15) is 30.1 Å². The van der Waals surface area contributed by atoms with Crippen molar-refractivity contribution < 1.29 is 14.6 Å². The van der Waals surface area contributed by atoms with Crippen molar-refractivity contribution in [3.05, 3.63) is 65.3 Å². The number of hydrogen-bond donors (Lipinski definition) is 1. The van der Waals surface area contributed by atoms with E-state index < -0.39 is 6.10 Å². The van der Waals surface area contributed by atoms with Crippen LogP contribution in [0.4, 0.5) is 0 Å². The molecule has 1 atom stereocenters. The van der Waals surface area contributed by atoms with E-state index in [1.54, 1.807) is 18.4 Å². The molecule has 0 amide bonds. The highest BCUT2D eigenvalue weighted by molar-refractivity contribution is 7.17. The Morgan fingerprint density at radius 2 is 1.97 bits per heavy atom. The van der Waals surface area contributed by atoms with E-state index in [-0.39, 0.29) is 0 Å². The van der Waals surface area contributed by atoms with E-state index in [2.05, 4.69) is 15.3 Å². The highest BCUT2D eigenvalue weighted by atomic mass is 32.1. The Kier molecular flexibility index (Phi) is 4.66. The molecule has 1 aliphatic rings. The molecule has 5 nitrogen and oxygen atoms in total. The summed E-state index contributed by atoms with van der Waals surface area (Å²) in [6.07, 6.45) is 3.75. The number of thiophene rings is 1. The van der Waals surface area contributed by atoms with Crippen molar-refractivity contribution in [2.75, 3.05) is 7.11 Å². The molecule has 2 aromatic carbocycles. The van der Waals surface area contributed by atoms with Crippen molar-refractivity contribution in [1.82, 2.24) is 9.97 Å². The summed E-state index contributed by atoms with van der Waals surface area (Å²) in [6, 6.07) is 13.8. The lowest BCUT2D eigenvalue weighted by Crippen LogP contribution is -2.10. The molecular weight excluding hydrogens is 384 g/mol. The molecule has 0 saturated heterocycles. The van der Waals surface area contributed by atoms with Crippen molar-refractivity contribution >= 4 is 21.6 Å². The van der Waals surface area contributed by atoms with Gasteiger partial charge in [-0.3, -0.25) is 0 Å². The van der Waals surface area contributed by atoms with Crippen molar-refractivity contribution in [3.63, 3.8) is 0 Å². The van der Waals surface area contributed by atoms with Gasteiger partial charge in [0.1, 0.15) is 22.7 Å². The molecule has 2 aromatic heterocycles. The van der Waals surface area contributed by atoms with Crippen molar-refractivity contribution in [1.29, 1.82) is 0 Å². The third kappa shape index (κ3) is 3.24. The lowest BCUT2D eigenvalue weighted by atomic mass is 9.89. The van der Waals surface area contributed by atoms with Crippen LogP contribution in [0, 0.1) is 0 Å². The minimum absolute atomic E-state index is 0.427. The van der Waals surface area contributed by atoms with E-state index in [0.29, 0.717) is 5.88 Å². The van der Waals surface area contributed by atoms with E-state index in [1.165, 1.54) is 6.33 Å². The molecule has 146 valence electrons. The second-order valence-electron chi connectivity index (χ2n) is 7.07. The first-order valence-electron chi connectivity index (χ1n) is 9.59. The van der Waals surface area contributed by atoms with Crippen LogP contribution in [0.25, 0.3) is 21.3 Å². The second kappa shape index (κ2) is 7.46. The summed E-state index contributed by atoms with van der Waals surface area (Å²) in [4.78, 5) is 9.75. The first-order valence-corrected chi connectivity index (χ1v) is 10.5. The van der Waals surface area contributed by atoms with E-state index >= 15 is 0 Å². The molecule has 0 fully saturated rings. The number of ether oxygens (including phenoxy) is 2. The standard InChI is InChI=1S/C23H20N2O3S/c1-27-15-10-8-14(9-11-15)18-12-29-23-21(18)22(24-13-25-23)28-20-7-3-4-16-17(20)5-2-6-19(16)26/h3-4,7-13,19,26H,2,5-6H2,1H3/t19-/m0/s1. The van der Waals surface area contributed by atoms with Gasteiger partial charge in [-0.15, -0.1) is 11.3 Å². The number of aliphatic hydroxyl groups is 1. The van der Waals surface area contributed by atoms with Gasteiger partial charge in [0, 0.05) is 16.5 Å². The van der Waals surface area contributed by atoms with Gasteiger partial charge in [-0.25, -0.2) is 9.97 Å². The van der Waals surface area contributed by atoms with E-state index in [9.17, 15) is 5.11 Å². The maximum Gasteiger partial charge on any atom is 0.231 e. The van der Waals surface area contributed by atoms with Gasteiger partial charge in [-0.2, -0.15) is 0 Å². The summed E-state index contributed by atoms with van der Waals surface area (Å²) in [5.74, 6) is 2.11. The lowest BCUT2D eigenvalue weighted by Gasteiger charge is -2.23. The monoisotopic (exact) mass is 404 g/mol. The molecule has 29 heavy (non-hydrogen) atoms. The number of hydrogen-bond acceptors (Lipinski definition) is 6. The summed E-state index contributed by atoms with van der Waals surface area (Å²) < 4.78 is 11.6. The van der Waals surface area contributed by atoms with Gasteiger partial charge in [0.25, 0.3) is 0 Å². The van der Waals surface area contributed by atoms with Crippen LogP contribution in [0.3, 0.4) is 0 Å². The molecule has 1 aliphatic carbocycles. The molecule has 6 heteroatoms. The average molecular weight is 404 g/mol. The Balaban J connectivity index is 1.60. The number of aromatic nitrogens is 2. The van der Waals surface area contributed by atoms with Crippen LogP contribution in [-0.4, -0.2) is 22.2 Å². The molecule has 5 rings (SSSR count). The Labute approximate surface area is 172 Å². The number of rotatable bonds is 4. The average Bonchev–Trinajstić information content (AvgIpc) is 3.20. The van der Waals surface area contributed by atoms with Crippen molar-refractivity contribution in [3.8, 4) is 28.5 Å². The molecule has 2 heterocycles. The predicted molar refractivity (Wildman–Crippen MR) is 114 cm³/mol. The summed E-state index contributed by atoms with van der Waals surface area (Å²) in [7, 11) is 1.66. The first kappa shape index (κ1) is 18.1. The number of fused-ring (bicyclic) bond motifs is 2. The topological polar surface area (TPSA) is 64.5 Å². The summed E-state index contributed by atoms with van der Waals surface area (Å²) in [5.41, 5.74) is 4.12. The Morgan fingerprint density at radius 1 is 1.10 bits per heavy atom. The fourth-order valence-electron chi connectivity index (χ4n) is 3.90. The predicted octanol–water partition coefficient (Wildman–Crippen LogP) is 5.53. The van der Waals surface area contributed by atoms with Gasteiger partial charge < -0.3 is 14.6 Å². The van der Waals surface area contributed by atoms with E-state index in [0.717, 1.165) is 63.2 Å². The SMILES string of the molecule is COc1ccc(-c2csc3ncnc(Oc4cccc5c4CCC[C@@H]5O)c23)cc1. The fourth-order valence-corrected chi connectivity index (χ4v) is 4.80. The molecular formula is C23H20N2O3S. The molecule has 4 aromatic rings. The van der Waals surface area contributed by atoms with E-state index in [4.69, 9.17) is 9.47 Å². The molecule has 0 unspecified atom stereocenters. The van der Waals surface area contributed by atoms with Crippen LogP contribution >= 0.6 is 11.3 Å². The summed E-state index contributed by atoms with van der Waals surface area (Å²) in [6.45, 7) is 0. The third-order valence-corrected chi connectivity index (χ3v) is 6.26. The molecule has 0 radical (unpaired) electrons. The Hall–Kier alpha value is -2.96. The second-order valence-corrected chi connectivity index (χ2v) is 7.93. The number of nitrogens with zero attached hydrogens (tertiary/aromatic N) is 2. The largest absolute Gasteiger partial charge is 0.497 e. The molecule has 0 bridgehead atoms. The van der Waals surface area contributed by atoms with Crippen LogP contribution < -0.4 is 9.47 Å². The third-order valence-electron chi connectivity index (χ3n) is 5.38. The Bertz CT molecular complexity index is 1170. The van der Waals surface area contributed by atoms with Gasteiger partial charge in [0.05, 0.1) is 18.6 Å². The van der Waals surface area contributed by atoms with Gasteiger partial charge in [0.2, 0.25) is 5.88 Å². The smallest absolute Gasteiger partial charge is 0.231 e. The summed E-state index contributed by atoms with van der Waals surface area (Å²) >= 11 is 1.57. The van der Waals surface area contributed by atoms with Crippen molar-refractivity contribution in [2.45, 2.75) is 25.4 Å². The maximum absolute atomic E-state index is 10.3. The zero-order valence-electron chi connectivity index (χ0n) is 16.0. The number of methoxy groups -OCH3 is 1. The molecule has 0 saturated carbocycles. The van der Waals surface area contributed by atoms with Gasteiger partial charge in [0.15, 0.2) is 0 Å². The van der Waals surface area contributed by atoms with Crippen LogP contribution in [0.15, 0.2) is 54.2 Å². The number of aliphatic hydroxyl groups excluding tert-OH is 1. The fraction of sp³-hybridized carbons (Fsp3) is 0.217. The normalized spacial score (nSPS) is 15.9.